The van der Waals surface area contributed by atoms with E-state index in [4.69, 9.17) is 11.6 Å². The number of phenolic OH excluding ortho intramolecular Hbond substituents is 1. The lowest BCUT2D eigenvalue weighted by molar-refractivity contribution is -0.126. The summed E-state index contributed by atoms with van der Waals surface area (Å²) in [6.45, 7) is 5.30. The normalized spacial score (nSPS) is 16.4. The SMILES string of the molecule is C/C(=C\C(=O)N1CCCCC1)c1cc(Cl)c(C)cc1O. The van der Waals surface area contributed by atoms with E-state index in [2.05, 4.69) is 0 Å². The minimum atomic E-state index is 0.0123. The lowest BCUT2D eigenvalue weighted by Gasteiger charge is -2.25. The first-order valence-electron chi connectivity index (χ1n) is 6.95. The maximum absolute atomic E-state index is 12.2. The second-order valence-corrected chi connectivity index (χ2v) is 5.74. The van der Waals surface area contributed by atoms with Gasteiger partial charge in [0.1, 0.15) is 5.75 Å². The topological polar surface area (TPSA) is 40.5 Å². The molecule has 4 heteroatoms. The molecule has 1 N–H and O–H groups in total. The summed E-state index contributed by atoms with van der Waals surface area (Å²) in [7, 11) is 0. The number of carbonyl (C=O) groups is 1. The Kier molecular flexibility index (Phi) is 4.71. The van der Waals surface area contributed by atoms with Gasteiger partial charge in [0, 0.05) is 29.8 Å². The molecule has 1 heterocycles. The summed E-state index contributed by atoms with van der Waals surface area (Å²) in [5, 5.41) is 10.6. The molecule has 0 saturated carbocycles. The van der Waals surface area contributed by atoms with Crippen LogP contribution in [-0.2, 0) is 4.79 Å². The molecule has 1 fully saturated rings. The van der Waals surface area contributed by atoms with Gasteiger partial charge < -0.3 is 10.0 Å². The Bertz CT molecular complexity index is 546. The zero-order valence-electron chi connectivity index (χ0n) is 11.9. The van der Waals surface area contributed by atoms with Crippen molar-refractivity contribution in [2.45, 2.75) is 33.1 Å². The van der Waals surface area contributed by atoms with Gasteiger partial charge in [-0.25, -0.2) is 0 Å². The first-order valence-corrected chi connectivity index (χ1v) is 7.33. The van der Waals surface area contributed by atoms with Gasteiger partial charge in [0.2, 0.25) is 5.91 Å². The fourth-order valence-corrected chi connectivity index (χ4v) is 2.61. The number of hydrogen-bond acceptors (Lipinski definition) is 2. The molecule has 1 aliphatic rings. The smallest absolute Gasteiger partial charge is 0.246 e. The van der Waals surface area contributed by atoms with Crippen molar-refractivity contribution >= 4 is 23.1 Å². The van der Waals surface area contributed by atoms with E-state index in [0.717, 1.165) is 37.1 Å². The molecule has 0 aliphatic carbocycles. The molecule has 0 radical (unpaired) electrons. The highest BCUT2D eigenvalue weighted by atomic mass is 35.5. The van der Waals surface area contributed by atoms with E-state index in [-0.39, 0.29) is 11.7 Å². The first-order chi connectivity index (χ1) is 9.49. The van der Waals surface area contributed by atoms with Crippen molar-refractivity contribution in [2.75, 3.05) is 13.1 Å². The number of piperidine rings is 1. The fourth-order valence-electron chi connectivity index (χ4n) is 2.45. The second-order valence-electron chi connectivity index (χ2n) is 5.33. The Morgan fingerprint density at radius 2 is 1.95 bits per heavy atom. The summed E-state index contributed by atoms with van der Waals surface area (Å²) in [6, 6.07) is 3.34. The van der Waals surface area contributed by atoms with Crippen LogP contribution in [0.25, 0.3) is 5.57 Å². The summed E-state index contributed by atoms with van der Waals surface area (Å²) >= 11 is 6.08. The van der Waals surface area contributed by atoms with Crippen LogP contribution in [0.1, 0.15) is 37.3 Å². The zero-order chi connectivity index (χ0) is 14.7. The summed E-state index contributed by atoms with van der Waals surface area (Å²) in [4.78, 5) is 14.0. The fraction of sp³-hybridized carbons (Fsp3) is 0.438. The van der Waals surface area contributed by atoms with Crippen LogP contribution in [0.15, 0.2) is 18.2 Å². The summed E-state index contributed by atoms with van der Waals surface area (Å²) < 4.78 is 0. The van der Waals surface area contributed by atoms with Crippen LogP contribution in [0.5, 0.6) is 5.75 Å². The molecular formula is C16H20ClNO2. The van der Waals surface area contributed by atoms with Crippen LogP contribution in [0, 0.1) is 6.92 Å². The first kappa shape index (κ1) is 14.9. The molecule has 0 atom stereocenters. The number of carbonyl (C=O) groups excluding carboxylic acids is 1. The van der Waals surface area contributed by atoms with Crippen LogP contribution in [0.3, 0.4) is 0 Å². The average molecular weight is 294 g/mol. The van der Waals surface area contributed by atoms with E-state index in [0.29, 0.717) is 10.6 Å². The molecule has 2 rings (SSSR count). The number of halogens is 1. The van der Waals surface area contributed by atoms with E-state index in [9.17, 15) is 9.90 Å². The van der Waals surface area contributed by atoms with Gasteiger partial charge in [-0.3, -0.25) is 4.79 Å². The molecule has 1 amide bonds. The second kappa shape index (κ2) is 6.31. The van der Waals surface area contributed by atoms with Gasteiger partial charge in [-0.2, -0.15) is 0 Å². The highest BCUT2D eigenvalue weighted by molar-refractivity contribution is 6.31. The third-order valence-electron chi connectivity index (χ3n) is 3.71. The summed E-state index contributed by atoms with van der Waals surface area (Å²) in [5.74, 6) is 0.172. The van der Waals surface area contributed by atoms with Crippen molar-refractivity contribution in [3.8, 4) is 5.75 Å². The van der Waals surface area contributed by atoms with Crippen LogP contribution in [0.4, 0.5) is 0 Å². The van der Waals surface area contributed by atoms with Gasteiger partial charge in [-0.05, 0) is 56.4 Å². The van der Waals surface area contributed by atoms with E-state index < -0.39 is 0 Å². The van der Waals surface area contributed by atoms with Gasteiger partial charge in [0.15, 0.2) is 0 Å². The Morgan fingerprint density at radius 3 is 2.60 bits per heavy atom. The van der Waals surface area contributed by atoms with Crippen LogP contribution < -0.4 is 0 Å². The molecule has 0 aromatic heterocycles. The van der Waals surface area contributed by atoms with Crippen LogP contribution in [-0.4, -0.2) is 29.0 Å². The largest absolute Gasteiger partial charge is 0.507 e. The number of hydrogen-bond donors (Lipinski definition) is 1. The molecule has 1 aromatic rings. The number of nitrogens with zero attached hydrogens (tertiary/aromatic N) is 1. The van der Waals surface area contributed by atoms with Crippen LogP contribution in [0.2, 0.25) is 5.02 Å². The molecule has 3 nitrogen and oxygen atoms in total. The molecule has 0 bridgehead atoms. The minimum absolute atomic E-state index is 0.0123. The molecule has 20 heavy (non-hydrogen) atoms. The standard InChI is InChI=1S/C16H20ClNO2/c1-11(9-16(20)18-6-4-3-5-7-18)13-10-14(17)12(2)8-15(13)19/h8-10,19H,3-7H2,1-2H3/b11-9+. The Balaban J connectivity index is 2.21. The quantitative estimate of drug-likeness (QED) is 0.843. The van der Waals surface area contributed by atoms with Crippen molar-refractivity contribution in [1.29, 1.82) is 0 Å². The van der Waals surface area contributed by atoms with Crippen molar-refractivity contribution in [3.63, 3.8) is 0 Å². The third-order valence-corrected chi connectivity index (χ3v) is 4.12. The van der Waals surface area contributed by atoms with E-state index >= 15 is 0 Å². The highest BCUT2D eigenvalue weighted by Gasteiger charge is 2.15. The van der Waals surface area contributed by atoms with Gasteiger partial charge in [-0.15, -0.1) is 0 Å². The average Bonchev–Trinajstić information content (AvgIpc) is 2.43. The van der Waals surface area contributed by atoms with Crippen molar-refractivity contribution in [2.24, 2.45) is 0 Å². The maximum Gasteiger partial charge on any atom is 0.246 e. The third kappa shape index (κ3) is 3.34. The molecule has 1 saturated heterocycles. The van der Waals surface area contributed by atoms with Crippen molar-refractivity contribution < 1.29 is 9.90 Å². The lowest BCUT2D eigenvalue weighted by atomic mass is 10.0. The van der Waals surface area contributed by atoms with Gasteiger partial charge in [0.25, 0.3) is 0 Å². The predicted octanol–water partition coefficient (Wildman–Crippen LogP) is 3.77. The Labute approximate surface area is 124 Å². The van der Waals surface area contributed by atoms with Gasteiger partial charge in [-0.1, -0.05) is 11.6 Å². The number of allylic oxidation sites excluding steroid dienone is 1. The van der Waals surface area contributed by atoms with E-state index in [1.54, 1.807) is 18.2 Å². The van der Waals surface area contributed by atoms with Crippen LogP contribution >= 0.6 is 11.6 Å². The monoisotopic (exact) mass is 293 g/mol. The summed E-state index contributed by atoms with van der Waals surface area (Å²) in [5.41, 5.74) is 2.18. The molecule has 0 spiro atoms. The van der Waals surface area contributed by atoms with Gasteiger partial charge >= 0.3 is 0 Å². The predicted molar refractivity (Wildman–Crippen MR) is 81.9 cm³/mol. The Hall–Kier alpha value is -1.48. The maximum atomic E-state index is 12.2. The number of aryl methyl sites for hydroxylation is 1. The molecule has 1 aromatic carbocycles. The van der Waals surface area contributed by atoms with Crippen molar-refractivity contribution in [1.82, 2.24) is 4.90 Å². The number of amides is 1. The number of rotatable bonds is 2. The number of phenols is 1. The van der Waals surface area contributed by atoms with E-state index in [1.807, 2.05) is 18.7 Å². The molecule has 108 valence electrons. The zero-order valence-corrected chi connectivity index (χ0v) is 12.7. The number of benzene rings is 1. The lowest BCUT2D eigenvalue weighted by Crippen LogP contribution is -2.34. The van der Waals surface area contributed by atoms with Gasteiger partial charge in [0.05, 0.1) is 0 Å². The minimum Gasteiger partial charge on any atom is -0.507 e. The molecule has 0 unspecified atom stereocenters. The number of aromatic hydroxyl groups is 1. The van der Waals surface area contributed by atoms with E-state index in [1.165, 1.54) is 6.42 Å². The molecule has 1 aliphatic heterocycles. The summed E-state index contributed by atoms with van der Waals surface area (Å²) in [6.07, 6.45) is 4.92. The Morgan fingerprint density at radius 1 is 1.30 bits per heavy atom. The van der Waals surface area contributed by atoms with Crippen molar-refractivity contribution in [3.05, 3.63) is 34.4 Å². The number of likely N-dealkylation sites (tertiary alicyclic amines) is 1. The highest BCUT2D eigenvalue weighted by Crippen LogP contribution is 2.30. The molecular weight excluding hydrogens is 274 g/mol.